The average molecular weight is 200 g/mol. The second kappa shape index (κ2) is 5.72. The number of hydrogen-bond acceptors (Lipinski definition) is 2. The third-order valence-corrected chi connectivity index (χ3v) is 3.54. The maximum Gasteiger partial charge on any atom is 0.0646 e. The first-order valence-electron chi connectivity index (χ1n) is 6.08. The Morgan fingerprint density at radius 3 is 1.43 bits per heavy atom. The van der Waals surface area contributed by atoms with Gasteiger partial charge in [0.1, 0.15) is 0 Å². The minimum Gasteiger partial charge on any atom is -0.392 e. The molecule has 1 saturated carbocycles. The van der Waals surface area contributed by atoms with E-state index in [9.17, 15) is 10.2 Å². The first-order valence-corrected chi connectivity index (χ1v) is 6.08. The molecule has 1 aliphatic rings. The van der Waals surface area contributed by atoms with Gasteiger partial charge in [-0.1, -0.05) is 39.5 Å². The Morgan fingerprint density at radius 1 is 0.786 bits per heavy atom. The van der Waals surface area contributed by atoms with Crippen molar-refractivity contribution >= 4 is 0 Å². The molecule has 2 heteroatoms. The van der Waals surface area contributed by atoms with E-state index in [0.29, 0.717) is 0 Å². The van der Waals surface area contributed by atoms with Crippen LogP contribution in [0.1, 0.15) is 52.4 Å². The minimum absolute atomic E-state index is 0.164. The zero-order chi connectivity index (χ0) is 10.6. The van der Waals surface area contributed by atoms with Crippen LogP contribution in [0.3, 0.4) is 0 Å². The van der Waals surface area contributed by atoms with Gasteiger partial charge in [-0.25, -0.2) is 0 Å². The zero-order valence-electron chi connectivity index (χ0n) is 9.45. The van der Waals surface area contributed by atoms with E-state index in [4.69, 9.17) is 0 Å². The molecule has 0 aromatic rings. The lowest BCUT2D eigenvalue weighted by Crippen LogP contribution is -2.55. The highest BCUT2D eigenvalue weighted by Crippen LogP contribution is 2.40. The summed E-state index contributed by atoms with van der Waals surface area (Å²) < 4.78 is 0. The maximum absolute atomic E-state index is 9.83. The SMILES string of the molecule is CCCCC1C(O)C(CCCC)C1O. The normalized spacial score (nSPS) is 36.9. The lowest BCUT2D eigenvalue weighted by Gasteiger charge is -2.47. The molecule has 0 radical (unpaired) electrons. The van der Waals surface area contributed by atoms with Crippen molar-refractivity contribution in [2.24, 2.45) is 11.8 Å². The maximum atomic E-state index is 9.83. The van der Waals surface area contributed by atoms with Crippen LogP contribution in [0.2, 0.25) is 0 Å². The van der Waals surface area contributed by atoms with E-state index < -0.39 is 0 Å². The second-order valence-electron chi connectivity index (χ2n) is 4.59. The van der Waals surface area contributed by atoms with Gasteiger partial charge in [-0.2, -0.15) is 0 Å². The minimum atomic E-state index is -0.233. The summed E-state index contributed by atoms with van der Waals surface area (Å²) in [5.74, 6) is 0.327. The van der Waals surface area contributed by atoms with E-state index in [1.54, 1.807) is 0 Å². The van der Waals surface area contributed by atoms with E-state index in [-0.39, 0.29) is 24.0 Å². The summed E-state index contributed by atoms with van der Waals surface area (Å²) in [5.41, 5.74) is 0. The molecular weight excluding hydrogens is 176 g/mol. The first-order chi connectivity index (χ1) is 6.72. The van der Waals surface area contributed by atoms with Crippen LogP contribution in [0.4, 0.5) is 0 Å². The molecule has 1 fully saturated rings. The van der Waals surface area contributed by atoms with Crippen molar-refractivity contribution in [1.29, 1.82) is 0 Å². The molecular formula is C12H24O2. The van der Waals surface area contributed by atoms with Gasteiger partial charge in [0, 0.05) is 11.8 Å². The van der Waals surface area contributed by atoms with Crippen LogP contribution < -0.4 is 0 Å². The van der Waals surface area contributed by atoms with Crippen molar-refractivity contribution in [3.05, 3.63) is 0 Å². The van der Waals surface area contributed by atoms with Crippen molar-refractivity contribution in [3.8, 4) is 0 Å². The van der Waals surface area contributed by atoms with E-state index in [0.717, 1.165) is 38.5 Å². The van der Waals surface area contributed by atoms with E-state index in [1.165, 1.54) is 0 Å². The first kappa shape index (κ1) is 12.0. The summed E-state index contributed by atoms with van der Waals surface area (Å²) in [7, 11) is 0. The molecule has 0 amide bonds. The molecule has 1 rings (SSSR count). The van der Waals surface area contributed by atoms with Crippen molar-refractivity contribution in [2.75, 3.05) is 0 Å². The Balaban J connectivity index is 2.25. The summed E-state index contributed by atoms with van der Waals surface area (Å²) in [5, 5.41) is 19.7. The third-order valence-electron chi connectivity index (χ3n) is 3.54. The standard InChI is InChI=1S/C12H24O2/c1-3-5-7-9-11(13)10(12(9)14)8-6-4-2/h9-14H,3-8H2,1-2H3. The Bertz CT molecular complexity index is 132. The molecule has 2 N–H and O–H groups in total. The van der Waals surface area contributed by atoms with Gasteiger partial charge >= 0.3 is 0 Å². The molecule has 14 heavy (non-hydrogen) atoms. The van der Waals surface area contributed by atoms with Crippen molar-refractivity contribution in [3.63, 3.8) is 0 Å². The summed E-state index contributed by atoms with van der Waals surface area (Å²) in [4.78, 5) is 0. The predicted octanol–water partition coefficient (Wildman–Crippen LogP) is 2.33. The van der Waals surface area contributed by atoms with Gasteiger partial charge in [0.05, 0.1) is 12.2 Å². The van der Waals surface area contributed by atoms with Crippen LogP contribution in [0.25, 0.3) is 0 Å². The van der Waals surface area contributed by atoms with Crippen LogP contribution >= 0.6 is 0 Å². The second-order valence-corrected chi connectivity index (χ2v) is 4.59. The molecule has 1 aliphatic carbocycles. The van der Waals surface area contributed by atoms with Gasteiger partial charge < -0.3 is 10.2 Å². The molecule has 0 aromatic carbocycles. The fourth-order valence-electron chi connectivity index (χ4n) is 2.46. The number of rotatable bonds is 6. The topological polar surface area (TPSA) is 40.5 Å². The molecule has 0 bridgehead atoms. The third kappa shape index (κ3) is 2.48. The van der Waals surface area contributed by atoms with E-state index in [1.807, 2.05) is 0 Å². The summed E-state index contributed by atoms with van der Waals surface area (Å²) >= 11 is 0. The quantitative estimate of drug-likeness (QED) is 0.691. The van der Waals surface area contributed by atoms with Crippen LogP contribution in [-0.4, -0.2) is 22.4 Å². The molecule has 2 nitrogen and oxygen atoms in total. The number of aliphatic hydroxyl groups excluding tert-OH is 2. The van der Waals surface area contributed by atoms with Gasteiger partial charge in [-0.3, -0.25) is 0 Å². The largest absolute Gasteiger partial charge is 0.392 e. The van der Waals surface area contributed by atoms with Crippen LogP contribution in [-0.2, 0) is 0 Å². The van der Waals surface area contributed by atoms with Gasteiger partial charge in [-0.05, 0) is 12.8 Å². The van der Waals surface area contributed by atoms with Gasteiger partial charge in [-0.15, -0.1) is 0 Å². The number of unbranched alkanes of at least 4 members (excludes halogenated alkanes) is 2. The Kier molecular flexibility index (Phi) is 4.90. The lowest BCUT2D eigenvalue weighted by molar-refractivity contribution is -0.156. The highest BCUT2D eigenvalue weighted by Gasteiger charge is 2.47. The van der Waals surface area contributed by atoms with Crippen LogP contribution in [0.15, 0.2) is 0 Å². The summed E-state index contributed by atoms with van der Waals surface area (Å²) in [6.45, 7) is 4.29. The molecule has 0 spiro atoms. The molecule has 0 unspecified atom stereocenters. The molecule has 0 atom stereocenters. The molecule has 0 saturated heterocycles. The van der Waals surface area contributed by atoms with Gasteiger partial charge in [0.25, 0.3) is 0 Å². The van der Waals surface area contributed by atoms with E-state index >= 15 is 0 Å². The Labute approximate surface area is 87.3 Å². The zero-order valence-corrected chi connectivity index (χ0v) is 9.45. The Morgan fingerprint density at radius 2 is 1.14 bits per heavy atom. The van der Waals surface area contributed by atoms with Crippen LogP contribution in [0.5, 0.6) is 0 Å². The highest BCUT2D eigenvalue weighted by molar-refractivity contribution is 4.96. The number of hydrogen-bond donors (Lipinski definition) is 2. The highest BCUT2D eigenvalue weighted by atomic mass is 16.3. The fraction of sp³-hybridized carbons (Fsp3) is 1.00. The average Bonchev–Trinajstić information content (AvgIpc) is 2.19. The fourth-order valence-corrected chi connectivity index (χ4v) is 2.46. The van der Waals surface area contributed by atoms with Gasteiger partial charge in [0.2, 0.25) is 0 Å². The van der Waals surface area contributed by atoms with E-state index in [2.05, 4.69) is 13.8 Å². The summed E-state index contributed by atoms with van der Waals surface area (Å²) in [6, 6.07) is 0. The summed E-state index contributed by atoms with van der Waals surface area (Å²) in [6.07, 6.45) is 6.05. The number of aliphatic hydroxyl groups is 2. The monoisotopic (exact) mass is 200 g/mol. The predicted molar refractivity (Wildman–Crippen MR) is 58.0 cm³/mol. The van der Waals surface area contributed by atoms with Crippen molar-refractivity contribution in [1.82, 2.24) is 0 Å². The van der Waals surface area contributed by atoms with Crippen LogP contribution in [0, 0.1) is 11.8 Å². The van der Waals surface area contributed by atoms with Gasteiger partial charge in [0.15, 0.2) is 0 Å². The molecule has 0 aliphatic heterocycles. The molecule has 0 aromatic heterocycles. The Hall–Kier alpha value is -0.0800. The van der Waals surface area contributed by atoms with Crippen molar-refractivity contribution < 1.29 is 10.2 Å². The smallest absolute Gasteiger partial charge is 0.0646 e. The molecule has 0 heterocycles. The lowest BCUT2D eigenvalue weighted by atomic mass is 9.65. The molecule has 84 valence electrons. The van der Waals surface area contributed by atoms with Crippen molar-refractivity contribution in [2.45, 2.75) is 64.6 Å².